The standard InChI is InChI=1S/C14H15F6NO3S/c1-12(2)11(24-12)3-4-21-25(22,23)10-6-8(13(15,16)17)5-9(7-10)14(18,19)20/h5-7,11,21H,3-4H2,1-2H3/t11-/m0/s1. The molecule has 1 heterocycles. The zero-order chi connectivity index (χ0) is 19.3. The Bertz CT molecular complexity index is 723. The fourth-order valence-corrected chi connectivity index (χ4v) is 3.35. The molecule has 1 aliphatic rings. The number of epoxide rings is 1. The Morgan fingerprint density at radius 1 is 1.04 bits per heavy atom. The average molecular weight is 391 g/mol. The highest BCUT2D eigenvalue weighted by Crippen LogP contribution is 2.38. The molecule has 4 nitrogen and oxygen atoms in total. The molecule has 0 amide bonds. The normalized spacial score (nSPS) is 20.6. The van der Waals surface area contributed by atoms with Crippen LogP contribution in [0.25, 0.3) is 0 Å². The highest BCUT2D eigenvalue weighted by molar-refractivity contribution is 7.89. The summed E-state index contributed by atoms with van der Waals surface area (Å²) in [5.74, 6) is 0. The summed E-state index contributed by atoms with van der Waals surface area (Å²) in [5, 5.41) is 0. The van der Waals surface area contributed by atoms with Crippen molar-refractivity contribution in [2.45, 2.75) is 49.2 Å². The Morgan fingerprint density at radius 2 is 1.48 bits per heavy atom. The third-order valence-electron chi connectivity index (χ3n) is 3.73. The molecule has 0 bridgehead atoms. The van der Waals surface area contributed by atoms with Crippen LogP contribution in [0, 0.1) is 0 Å². The first-order chi connectivity index (χ1) is 11.1. The van der Waals surface area contributed by atoms with Crippen molar-refractivity contribution in [2.75, 3.05) is 6.54 Å². The van der Waals surface area contributed by atoms with E-state index in [0.29, 0.717) is 0 Å². The Labute approximate surface area is 140 Å². The lowest BCUT2D eigenvalue weighted by molar-refractivity contribution is -0.143. The summed E-state index contributed by atoms with van der Waals surface area (Å²) in [7, 11) is -4.54. The summed E-state index contributed by atoms with van der Waals surface area (Å²) >= 11 is 0. The SMILES string of the molecule is CC1(C)O[C@H]1CCNS(=O)(=O)c1cc(C(F)(F)F)cc(C(F)(F)F)c1. The van der Waals surface area contributed by atoms with Crippen LogP contribution in [0.5, 0.6) is 0 Å². The first-order valence-electron chi connectivity index (χ1n) is 7.10. The maximum Gasteiger partial charge on any atom is 0.416 e. The highest BCUT2D eigenvalue weighted by atomic mass is 32.2. The van der Waals surface area contributed by atoms with Gasteiger partial charge in [0.25, 0.3) is 0 Å². The van der Waals surface area contributed by atoms with Crippen LogP contribution < -0.4 is 4.72 Å². The molecule has 142 valence electrons. The lowest BCUT2D eigenvalue weighted by Gasteiger charge is -2.14. The summed E-state index contributed by atoms with van der Waals surface area (Å²) in [4.78, 5) is -1.09. The summed E-state index contributed by atoms with van der Waals surface area (Å²) in [6.07, 6.45) is -10.2. The number of hydrogen-bond donors (Lipinski definition) is 1. The number of ether oxygens (including phenoxy) is 1. The van der Waals surface area contributed by atoms with Crippen molar-refractivity contribution in [3.05, 3.63) is 29.3 Å². The fraction of sp³-hybridized carbons (Fsp3) is 0.571. The van der Waals surface area contributed by atoms with Gasteiger partial charge in [0.05, 0.1) is 27.7 Å². The molecule has 1 aromatic carbocycles. The van der Waals surface area contributed by atoms with Gasteiger partial charge in [0.15, 0.2) is 0 Å². The topological polar surface area (TPSA) is 58.7 Å². The van der Waals surface area contributed by atoms with E-state index >= 15 is 0 Å². The van der Waals surface area contributed by atoms with Crippen molar-refractivity contribution >= 4 is 10.0 Å². The Kier molecular flexibility index (Phi) is 4.90. The van der Waals surface area contributed by atoms with Gasteiger partial charge in [-0.3, -0.25) is 0 Å². The molecule has 11 heteroatoms. The smallest absolute Gasteiger partial charge is 0.367 e. The minimum atomic E-state index is -5.11. The molecule has 1 aromatic rings. The zero-order valence-corrected chi connectivity index (χ0v) is 13.9. The maximum absolute atomic E-state index is 12.8. The first kappa shape index (κ1) is 20.0. The minimum absolute atomic E-state index is 0.125. The number of alkyl halides is 6. The van der Waals surface area contributed by atoms with Gasteiger partial charge in [-0.2, -0.15) is 26.3 Å². The number of nitrogens with one attached hydrogen (secondary N) is 1. The van der Waals surface area contributed by atoms with E-state index in [1.54, 1.807) is 13.8 Å². The van der Waals surface area contributed by atoms with Crippen LogP contribution in [0.2, 0.25) is 0 Å². The molecule has 1 atom stereocenters. The molecule has 0 aromatic heterocycles. The maximum atomic E-state index is 12.8. The van der Waals surface area contributed by atoms with E-state index in [1.807, 2.05) is 4.72 Å². The molecular weight excluding hydrogens is 376 g/mol. The molecule has 0 aliphatic carbocycles. The number of rotatable bonds is 5. The van der Waals surface area contributed by atoms with Gasteiger partial charge < -0.3 is 4.74 Å². The predicted molar refractivity (Wildman–Crippen MR) is 75.2 cm³/mol. The molecule has 1 saturated heterocycles. The number of hydrogen-bond acceptors (Lipinski definition) is 3. The molecule has 1 fully saturated rings. The summed E-state index contributed by atoms with van der Waals surface area (Å²) < 4.78 is 108. The number of halogens is 6. The van der Waals surface area contributed by atoms with Crippen LogP contribution in [-0.4, -0.2) is 26.7 Å². The molecule has 0 unspecified atom stereocenters. The van der Waals surface area contributed by atoms with E-state index in [2.05, 4.69) is 0 Å². The van der Waals surface area contributed by atoms with Gasteiger partial charge in [0.1, 0.15) is 0 Å². The van der Waals surface area contributed by atoms with Crippen molar-refractivity contribution in [1.29, 1.82) is 0 Å². The van der Waals surface area contributed by atoms with Crippen molar-refractivity contribution in [2.24, 2.45) is 0 Å². The monoisotopic (exact) mass is 391 g/mol. The molecule has 25 heavy (non-hydrogen) atoms. The van der Waals surface area contributed by atoms with Crippen molar-refractivity contribution in [3.8, 4) is 0 Å². The lowest BCUT2D eigenvalue weighted by Crippen LogP contribution is -2.27. The van der Waals surface area contributed by atoms with E-state index in [0.717, 1.165) is 0 Å². The van der Waals surface area contributed by atoms with Crippen LogP contribution >= 0.6 is 0 Å². The van der Waals surface area contributed by atoms with Gasteiger partial charge >= 0.3 is 12.4 Å². The summed E-state index contributed by atoms with van der Waals surface area (Å²) in [5.41, 5.74) is -3.78. The van der Waals surface area contributed by atoms with Crippen LogP contribution in [0.3, 0.4) is 0 Å². The van der Waals surface area contributed by atoms with Gasteiger partial charge in [-0.1, -0.05) is 0 Å². The third-order valence-corrected chi connectivity index (χ3v) is 5.17. The van der Waals surface area contributed by atoms with Crippen molar-refractivity contribution in [1.82, 2.24) is 4.72 Å². The van der Waals surface area contributed by atoms with E-state index in [-0.39, 0.29) is 37.3 Å². The Morgan fingerprint density at radius 3 is 1.84 bits per heavy atom. The Hall–Kier alpha value is -1.33. The molecular formula is C14H15F6NO3S. The molecule has 1 N–H and O–H groups in total. The highest BCUT2D eigenvalue weighted by Gasteiger charge is 2.47. The molecule has 1 aliphatic heterocycles. The van der Waals surface area contributed by atoms with Gasteiger partial charge in [0.2, 0.25) is 10.0 Å². The number of sulfonamides is 1. The second-order valence-corrected chi connectivity index (χ2v) is 7.90. The third kappa shape index (κ3) is 4.85. The summed E-state index contributed by atoms with van der Waals surface area (Å²) in [6.45, 7) is 3.37. The van der Waals surface area contributed by atoms with Crippen LogP contribution in [0.1, 0.15) is 31.4 Å². The average Bonchev–Trinajstić information content (AvgIpc) is 3.03. The van der Waals surface area contributed by atoms with Crippen molar-refractivity contribution in [3.63, 3.8) is 0 Å². The van der Waals surface area contributed by atoms with E-state index in [1.165, 1.54) is 0 Å². The van der Waals surface area contributed by atoms with Crippen molar-refractivity contribution < 1.29 is 39.5 Å². The fourth-order valence-electron chi connectivity index (χ4n) is 2.23. The van der Waals surface area contributed by atoms with E-state index < -0.39 is 44.0 Å². The van der Waals surface area contributed by atoms with Crippen LogP contribution in [-0.2, 0) is 27.1 Å². The first-order valence-corrected chi connectivity index (χ1v) is 8.58. The van der Waals surface area contributed by atoms with Crippen LogP contribution in [0.15, 0.2) is 23.1 Å². The van der Waals surface area contributed by atoms with E-state index in [4.69, 9.17) is 4.74 Å². The second kappa shape index (κ2) is 6.13. The molecule has 0 saturated carbocycles. The van der Waals surface area contributed by atoms with Gasteiger partial charge in [0, 0.05) is 6.54 Å². The second-order valence-electron chi connectivity index (χ2n) is 6.14. The molecule has 2 rings (SSSR count). The Balaban J connectivity index is 2.26. The lowest BCUT2D eigenvalue weighted by atomic mass is 10.1. The quantitative estimate of drug-likeness (QED) is 0.617. The van der Waals surface area contributed by atoms with Crippen LogP contribution in [0.4, 0.5) is 26.3 Å². The van der Waals surface area contributed by atoms with E-state index in [9.17, 15) is 34.8 Å². The van der Waals surface area contributed by atoms with Gasteiger partial charge in [-0.05, 0) is 38.5 Å². The van der Waals surface area contributed by atoms with Gasteiger partial charge in [-0.15, -0.1) is 0 Å². The minimum Gasteiger partial charge on any atom is -0.367 e. The van der Waals surface area contributed by atoms with Gasteiger partial charge in [-0.25, -0.2) is 13.1 Å². The zero-order valence-electron chi connectivity index (χ0n) is 13.1. The number of benzene rings is 1. The molecule has 0 spiro atoms. The molecule has 0 radical (unpaired) electrons. The largest absolute Gasteiger partial charge is 0.416 e. The summed E-state index contributed by atoms with van der Waals surface area (Å²) in [6, 6.07) is 0.226. The predicted octanol–water partition coefficient (Wildman–Crippen LogP) is 3.57.